The number of phenols is 1. The van der Waals surface area contributed by atoms with Gasteiger partial charge in [0.25, 0.3) is 5.91 Å². The highest BCUT2D eigenvalue weighted by atomic mass is 16.3. The third kappa shape index (κ3) is 1.87. The van der Waals surface area contributed by atoms with E-state index < -0.39 is 12.1 Å². The second-order valence-corrected chi connectivity index (χ2v) is 6.30. The monoisotopic (exact) mass is 340 g/mol. The Hall–Kier alpha value is -3.16. The lowest BCUT2D eigenvalue weighted by molar-refractivity contribution is -0.682. The number of rotatable bonds is 1. The van der Waals surface area contributed by atoms with Gasteiger partial charge in [-0.1, -0.05) is 4.99 Å². The molecule has 1 unspecified atom stereocenters. The normalized spacial score (nSPS) is 19.2. The summed E-state index contributed by atoms with van der Waals surface area (Å²) in [5.41, 5.74) is 2.67. The molecule has 1 aromatic carbocycles. The molecule has 0 saturated carbocycles. The van der Waals surface area contributed by atoms with Gasteiger partial charge in [0.05, 0.1) is 0 Å². The fourth-order valence-corrected chi connectivity index (χ4v) is 3.43. The van der Waals surface area contributed by atoms with E-state index in [-0.39, 0.29) is 11.7 Å². The van der Waals surface area contributed by atoms with Crippen molar-refractivity contribution in [1.29, 1.82) is 0 Å². The van der Waals surface area contributed by atoms with Crippen LogP contribution in [0, 0.1) is 13.8 Å². The Morgan fingerprint density at radius 1 is 1.08 bits per heavy atom. The molecule has 2 aliphatic heterocycles. The first kappa shape index (κ1) is 15.4. The summed E-state index contributed by atoms with van der Waals surface area (Å²) >= 11 is 0. The van der Waals surface area contributed by atoms with Crippen LogP contribution in [0.5, 0.6) is 5.75 Å². The standard InChI is InChI=1S/C17H17N5O3/c1-9-10(2)22-13-14(19(3)17(25)20(4)15(13)24)18-16(22)21(9)11-5-7-12(23)8-6-11/h5-8,13H,1-4H3/p+1. The second kappa shape index (κ2) is 4.92. The van der Waals surface area contributed by atoms with E-state index in [9.17, 15) is 14.7 Å². The van der Waals surface area contributed by atoms with Gasteiger partial charge in [0.1, 0.15) is 22.8 Å². The van der Waals surface area contributed by atoms with Crippen LogP contribution in [0.1, 0.15) is 17.4 Å². The molecular weight excluding hydrogens is 322 g/mol. The number of aliphatic imine (C=N–C) groups is 1. The third-order valence-corrected chi connectivity index (χ3v) is 4.94. The summed E-state index contributed by atoms with van der Waals surface area (Å²) in [6.07, 6.45) is 0. The summed E-state index contributed by atoms with van der Waals surface area (Å²) in [5.74, 6) is 0.899. The molecule has 2 aliphatic rings. The van der Waals surface area contributed by atoms with Crippen molar-refractivity contribution in [3.8, 4) is 11.4 Å². The van der Waals surface area contributed by atoms with Crippen molar-refractivity contribution >= 4 is 23.7 Å². The maximum atomic E-state index is 12.7. The predicted molar refractivity (Wildman–Crippen MR) is 89.2 cm³/mol. The Bertz CT molecular complexity index is 958. The molecule has 8 nitrogen and oxygen atoms in total. The minimum absolute atomic E-state index is 0.177. The summed E-state index contributed by atoms with van der Waals surface area (Å²) in [4.78, 5) is 32.1. The summed E-state index contributed by atoms with van der Waals surface area (Å²) in [5, 5.41) is 9.53. The maximum Gasteiger partial charge on any atom is 0.407 e. The van der Waals surface area contributed by atoms with Crippen LogP contribution in [0.3, 0.4) is 0 Å². The van der Waals surface area contributed by atoms with E-state index in [0.717, 1.165) is 22.0 Å². The fourth-order valence-electron chi connectivity index (χ4n) is 3.43. The largest absolute Gasteiger partial charge is 0.508 e. The molecule has 128 valence electrons. The van der Waals surface area contributed by atoms with Crippen molar-refractivity contribution in [2.45, 2.75) is 19.9 Å². The number of phenolic OH excluding ortho intramolecular Hbond substituents is 1. The van der Waals surface area contributed by atoms with Crippen molar-refractivity contribution in [1.82, 2.24) is 14.4 Å². The van der Waals surface area contributed by atoms with Crippen LogP contribution in [0.25, 0.3) is 5.69 Å². The summed E-state index contributed by atoms with van der Waals surface area (Å²) < 4.78 is 3.78. The van der Waals surface area contributed by atoms with Gasteiger partial charge in [0.2, 0.25) is 11.9 Å². The molecule has 0 bridgehead atoms. The van der Waals surface area contributed by atoms with Crippen LogP contribution in [0.4, 0.5) is 10.7 Å². The van der Waals surface area contributed by atoms with Crippen LogP contribution in [-0.4, -0.2) is 51.3 Å². The van der Waals surface area contributed by atoms with Gasteiger partial charge in [0, 0.05) is 14.1 Å². The predicted octanol–water partition coefficient (Wildman–Crippen LogP) is 1.20. The lowest BCUT2D eigenvalue weighted by Crippen LogP contribution is -2.62. The molecule has 1 atom stereocenters. The molecule has 0 radical (unpaired) electrons. The molecule has 4 rings (SSSR count). The summed E-state index contributed by atoms with van der Waals surface area (Å²) in [6, 6.07) is 5.74. The number of amidine groups is 1. The molecule has 0 spiro atoms. The lowest BCUT2D eigenvalue weighted by Gasteiger charge is -2.30. The number of imide groups is 1. The number of urea groups is 1. The van der Waals surface area contributed by atoms with Gasteiger partial charge in [-0.25, -0.2) is 9.36 Å². The van der Waals surface area contributed by atoms with Crippen molar-refractivity contribution < 1.29 is 19.3 Å². The number of benzene rings is 1. The van der Waals surface area contributed by atoms with Gasteiger partial charge in [-0.3, -0.25) is 14.6 Å². The summed E-state index contributed by atoms with van der Waals surface area (Å²) in [6.45, 7) is 3.88. The minimum atomic E-state index is -0.639. The minimum Gasteiger partial charge on any atom is -0.508 e. The number of hydrogen-bond donors (Lipinski definition) is 1. The Balaban J connectivity index is 1.96. The van der Waals surface area contributed by atoms with Gasteiger partial charge in [-0.2, -0.15) is 4.57 Å². The third-order valence-electron chi connectivity index (χ3n) is 4.94. The van der Waals surface area contributed by atoms with Crippen LogP contribution in [0.15, 0.2) is 29.3 Å². The topological polar surface area (TPSA) is 82.0 Å². The Labute approximate surface area is 144 Å². The van der Waals surface area contributed by atoms with Crippen molar-refractivity contribution in [3.05, 3.63) is 35.7 Å². The van der Waals surface area contributed by atoms with E-state index in [0.29, 0.717) is 11.8 Å². The Kier molecular flexibility index (Phi) is 3.02. The number of fused-ring (bicyclic) bond motifs is 3. The number of amides is 3. The summed E-state index contributed by atoms with van der Waals surface area (Å²) in [7, 11) is 3.10. The number of carbonyl (C=O) groups excluding carboxylic acids is 2. The molecule has 1 saturated heterocycles. The molecule has 1 N–H and O–H groups in total. The van der Waals surface area contributed by atoms with E-state index in [1.54, 1.807) is 31.3 Å². The molecule has 2 aromatic rings. The highest BCUT2D eigenvalue weighted by Gasteiger charge is 2.53. The average Bonchev–Trinajstić information content (AvgIpc) is 3.09. The van der Waals surface area contributed by atoms with Gasteiger partial charge in [-0.15, -0.1) is 0 Å². The maximum absolute atomic E-state index is 12.7. The molecule has 25 heavy (non-hydrogen) atoms. The average molecular weight is 340 g/mol. The van der Waals surface area contributed by atoms with E-state index in [2.05, 4.69) is 4.99 Å². The number of imidazole rings is 1. The first-order chi connectivity index (χ1) is 11.8. The van der Waals surface area contributed by atoms with Crippen LogP contribution >= 0.6 is 0 Å². The molecule has 8 heteroatoms. The smallest absolute Gasteiger partial charge is 0.407 e. The number of aromatic nitrogens is 2. The number of nitrogens with zero attached hydrogens (tertiary/aromatic N) is 5. The van der Waals surface area contributed by atoms with E-state index in [1.165, 1.54) is 11.9 Å². The lowest BCUT2D eigenvalue weighted by atomic mass is 10.1. The molecule has 3 amide bonds. The number of carbonyl (C=O) groups is 2. The Morgan fingerprint density at radius 3 is 2.36 bits per heavy atom. The van der Waals surface area contributed by atoms with Crippen LogP contribution in [-0.2, 0) is 4.79 Å². The molecule has 1 fully saturated rings. The van der Waals surface area contributed by atoms with E-state index >= 15 is 0 Å². The van der Waals surface area contributed by atoms with Crippen LogP contribution in [0.2, 0.25) is 0 Å². The number of hydrogen-bond acceptors (Lipinski definition) is 4. The van der Waals surface area contributed by atoms with E-state index in [1.807, 2.05) is 23.0 Å². The molecule has 0 aliphatic carbocycles. The first-order valence-electron chi connectivity index (χ1n) is 7.89. The number of likely N-dealkylation sites (N-methyl/N-ethyl adjacent to an activating group) is 2. The fraction of sp³-hybridized carbons (Fsp3) is 0.294. The van der Waals surface area contributed by atoms with Crippen LogP contribution < -0.4 is 4.57 Å². The molecular formula is C17H18N5O3+. The molecule has 3 heterocycles. The van der Waals surface area contributed by atoms with Gasteiger partial charge in [-0.05, 0) is 38.1 Å². The Morgan fingerprint density at radius 2 is 1.72 bits per heavy atom. The zero-order valence-electron chi connectivity index (χ0n) is 14.4. The highest BCUT2D eigenvalue weighted by Crippen LogP contribution is 2.32. The molecule has 1 aromatic heterocycles. The van der Waals surface area contributed by atoms with Crippen molar-refractivity contribution in [2.24, 2.45) is 4.99 Å². The SMILES string of the molecule is Cc1c(C)[n+]2c(n1-c1ccc(O)cc1)N=C1C2C(=O)N(C)C(=O)N1C. The second-order valence-electron chi connectivity index (χ2n) is 6.30. The van der Waals surface area contributed by atoms with Gasteiger partial charge >= 0.3 is 12.0 Å². The number of aromatic hydroxyl groups is 1. The van der Waals surface area contributed by atoms with Gasteiger partial charge in [0.15, 0.2) is 0 Å². The zero-order valence-corrected chi connectivity index (χ0v) is 14.4. The van der Waals surface area contributed by atoms with E-state index in [4.69, 9.17) is 0 Å². The quantitative estimate of drug-likeness (QED) is 0.792. The van der Waals surface area contributed by atoms with Gasteiger partial charge < -0.3 is 5.11 Å². The van der Waals surface area contributed by atoms with Crippen molar-refractivity contribution in [3.63, 3.8) is 0 Å². The van der Waals surface area contributed by atoms with Crippen molar-refractivity contribution in [2.75, 3.05) is 14.1 Å². The first-order valence-corrected chi connectivity index (χ1v) is 7.89. The zero-order chi connectivity index (χ0) is 18.0. The highest BCUT2D eigenvalue weighted by molar-refractivity contribution is 6.18.